The lowest BCUT2D eigenvalue weighted by atomic mass is 9.88. The molecule has 0 N–H and O–H groups in total. The Kier molecular flexibility index (Phi) is 3.98. The van der Waals surface area contributed by atoms with Crippen molar-refractivity contribution in [1.82, 2.24) is 4.57 Å². The van der Waals surface area contributed by atoms with Crippen molar-refractivity contribution in [2.45, 2.75) is 26.8 Å². The van der Waals surface area contributed by atoms with Crippen molar-refractivity contribution in [2.75, 3.05) is 25.6 Å². The Morgan fingerprint density at radius 3 is 2.54 bits per heavy atom. The molecule has 1 aliphatic rings. The zero-order valence-electron chi connectivity index (χ0n) is 15.8. The Morgan fingerprint density at radius 1 is 1.12 bits per heavy atom. The normalized spacial score (nSPS) is 13.3. The van der Waals surface area contributed by atoms with Gasteiger partial charge in [0.05, 0.1) is 24.7 Å². The van der Waals surface area contributed by atoms with E-state index in [9.17, 15) is 4.79 Å². The second kappa shape index (κ2) is 6.20. The van der Waals surface area contributed by atoms with Crippen molar-refractivity contribution in [1.29, 1.82) is 0 Å². The molecule has 26 heavy (non-hydrogen) atoms. The Balaban J connectivity index is 2.08. The van der Waals surface area contributed by atoms with Crippen LogP contribution < -0.4 is 4.90 Å². The predicted octanol–water partition coefficient (Wildman–Crippen LogP) is 4.09. The summed E-state index contributed by atoms with van der Waals surface area (Å²) in [4.78, 5) is 14.5. The van der Waals surface area contributed by atoms with E-state index in [-0.39, 0.29) is 12.4 Å². The van der Waals surface area contributed by atoms with Crippen molar-refractivity contribution in [3.63, 3.8) is 0 Å². The van der Waals surface area contributed by atoms with E-state index in [1.807, 2.05) is 0 Å². The van der Waals surface area contributed by atoms with Crippen LogP contribution in [0.15, 0.2) is 36.5 Å². The summed E-state index contributed by atoms with van der Waals surface area (Å²) in [6.07, 6.45) is 2.45. The monoisotopic (exact) mass is 348 g/mol. The van der Waals surface area contributed by atoms with Gasteiger partial charge >= 0.3 is 5.97 Å². The largest absolute Gasteiger partial charge is 0.469 e. The summed E-state index contributed by atoms with van der Waals surface area (Å²) in [6, 6.07) is 10.7. The Bertz CT molecular complexity index is 999. The first-order valence-electron chi connectivity index (χ1n) is 9.00. The van der Waals surface area contributed by atoms with E-state index < -0.39 is 0 Å². The minimum Gasteiger partial charge on any atom is -0.469 e. The molecule has 0 atom stereocenters. The number of carbonyl (C=O) groups is 1. The van der Waals surface area contributed by atoms with Gasteiger partial charge in [-0.1, -0.05) is 29.8 Å². The third-order valence-corrected chi connectivity index (χ3v) is 5.51. The summed E-state index contributed by atoms with van der Waals surface area (Å²) in [5.41, 5.74) is 8.25. The van der Waals surface area contributed by atoms with Crippen molar-refractivity contribution < 1.29 is 9.53 Å². The van der Waals surface area contributed by atoms with Gasteiger partial charge in [-0.05, 0) is 42.2 Å². The standard InChI is InChI=1S/C22H24N2O2/c1-14-5-7-16(8-6-14)20-17-9-10-24-12-11-23(3)21(22(17)24)15(2)18(20)13-19(25)26-4/h5-10H,11-13H2,1-4H3. The summed E-state index contributed by atoms with van der Waals surface area (Å²) in [5, 5.41) is 1.21. The van der Waals surface area contributed by atoms with E-state index in [4.69, 9.17) is 4.74 Å². The van der Waals surface area contributed by atoms with Crippen LogP contribution in [0, 0.1) is 13.8 Å². The molecule has 1 aromatic heterocycles. The quantitative estimate of drug-likeness (QED) is 0.669. The first kappa shape index (κ1) is 16.7. The number of anilines is 1. The molecular weight excluding hydrogens is 324 g/mol. The number of hydrogen-bond donors (Lipinski definition) is 0. The minimum atomic E-state index is -0.203. The zero-order valence-corrected chi connectivity index (χ0v) is 15.8. The van der Waals surface area contributed by atoms with Crippen LogP contribution in [0.4, 0.5) is 5.69 Å². The van der Waals surface area contributed by atoms with E-state index in [2.05, 4.69) is 66.9 Å². The molecule has 0 saturated carbocycles. The summed E-state index contributed by atoms with van der Waals surface area (Å²) >= 11 is 0. The molecular formula is C22H24N2O2. The highest BCUT2D eigenvalue weighted by Gasteiger charge is 2.26. The van der Waals surface area contributed by atoms with Crippen LogP contribution >= 0.6 is 0 Å². The number of likely N-dealkylation sites (N-methyl/N-ethyl adjacent to an activating group) is 1. The van der Waals surface area contributed by atoms with Gasteiger partial charge in [0, 0.05) is 31.7 Å². The summed E-state index contributed by atoms with van der Waals surface area (Å²) in [7, 11) is 3.58. The van der Waals surface area contributed by atoms with Gasteiger partial charge in [-0.25, -0.2) is 0 Å². The van der Waals surface area contributed by atoms with Crippen LogP contribution in [-0.2, 0) is 22.5 Å². The lowest BCUT2D eigenvalue weighted by Crippen LogP contribution is -2.28. The molecule has 0 aliphatic carbocycles. The van der Waals surface area contributed by atoms with Crippen LogP contribution in [-0.4, -0.2) is 31.2 Å². The van der Waals surface area contributed by atoms with E-state index in [1.165, 1.54) is 34.8 Å². The predicted molar refractivity (Wildman–Crippen MR) is 106 cm³/mol. The van der Waals surface area contributed by atoms with Crippen molar-refractivity contribution in [3.8, 4) is 11.1 Å². The molecule has 0 unspecified atom stereocenters. The van der Waals surface area contributed by atoms with Crippen molar-refractivity contribution in [3.05, 3.63) is 53.2 Å². The highest BCUT2D eigenvalue weighted by Crippen LogP contribution is 2.43. The Hall–Kier alpha value is -2.75. The maximum Gasteiger partial charge on any atom is 0.310 e. The van der Waals surface area contributed by atoms with Crippen LogP contribution in [0.2, 0.25) is 0 Å². The molecule has 2 aromatic carbocycles. The van der Waals surface area contributed by atoms with E-state index in [0.29, 0.717) is 0 Å². The summed E-state index contributed by atoms with van der Waals surface area (Å²) in [6.45, 7) is 6.17. The highest BCUT2D eigenvalue weighted by molar-refractivity contribution is 6.06. The average Bonchev–Trinajstić information content (AvgIpc) is 3.05. The van der Waals surface area contributed by atoms with Crippen LogP contribution in [0.5, 0.6) is 0 Å². The Labute approximate surface area is 154 Å². The van der Waals surface area contributed by atoms with Crippen LogP contribution in [0.25, 0.3) is 22.0 Å². The lowest BCUT2D eigenvalue weighted by molar-refractivity contribution is -0.139. The molecule has 4 nitrogen and oxygen atoms in total. The van der Waals surface area contributed by atoms with Gasteiger partial charge < -0.3 is 14.2 Å². The number of nitrogens with zero attached hydrogens (tertiary/aromatic N) is 2. The number of ether oxygens (including phenoxy) is 1. The summed E-state index contributed by atoms with van der Waals surface area (Å²) < 4.78 is 7.32. The molecule has 2 heterocycles. The average molecular weight is 348 g/mol. The van der Waals surface area contributed by atoms with Gasteiger partial charge in [0.25, 0.3) is 0 Å². The molecule has 0 bridgehead atoms. The lowest BCUT2D eigenvalue weighted by Gasteiger charge is -2.31. The van der Waals surface area contributed by atoms with E-state index in [0.717, 1.165) is 29.8 Å². The molecule has 0 saturated heterocycles. The Morgan fingerprint density at radius 2 is 1.85 bits per heavy atom. The number of methoxy groups -OCH3 is 1. The van der Waals surface area contributed by atoms with Gasteiger partial charge in [-0.15, -0.1) is 0 Å². The second-order valence-electron chi connectivity index (χ2n) is 7.14. The van der Waals surface area contributed by atoms with Gasteiger partial charge in [-0.2, -0.15) is 0 Å². The topological polar surface area (TPSA) is 34.5 Å². The third-order valence-electron chi connectivity index (χ3n) is 5.51. The number of benzene rings is 2. The molecule has 1 aliphatic heterocycles. The maximum atomic E-state index is 12.2. The van der Waals surface area contributed by atoms with Crippen molar-refractivity contribution in [2.24, 2.45) is 0 Å². The molecule has 4 rings (SSSR count). The third kappa shape index (κ3) is 2.48. The fourth-order valence-corrected chi connectivity index (χ4v) is 4.12. The van der Waals surface area contributed by atoms with Gasteiger partial charge in [-0.3, -0.25) is 4.79 Å². The van der Waals surface area contributed by atoms with Crippen molar-refractivity contribution >= 4 is 22.6 Å². The SMILES string of the molecule is COC(=O)Cc1c(C)c2c3c(ccn3CCN2C)c1-c1ccc(C)cc1. The fourth-order valence-electron chi connectivity index (χ4n) is 4.12. The smallest absolute Gasteiger partial charge is 0.310 e. The molecule has 4 heteroatoms. The number of hydrogen-bond acceptors (Lipinski definition) is 3. The highest BCUT2D eigenvalue weighted by atomic mass is 16.5. The number of esters is 1. The maximum absolute atomic E-state index is 12.2. The zero-order chi connectivity index (χ0) is 18.4. The summed E-state index contributed by atoms with van der Waals surface area (Å²) in [5.74, 6) is -0.203. The number of carbonyl (C=O) groups excluding carboxylic acids is 1. The second-order valence-corrected chi connectivity index (χ2v) is 7.14. The first-order valence-corrected chi connectivity index (χ1v) is 9.00. The molecule has 3 aromatic rings. The van der Waals surface area contributed by atoms with Crippen LogP contribution in [0.3, 0.4) is 0 Å². The van der Waals surface area contributed by atoms with E-state index in [1.54, 1.807) is 0 Å². The number of aromatic nitrogens is 1. The minimum absolute atomic E-state index is 0.203. The first-order chi connectivity index (χ1) is 12.5. The molecule has 0 radical (unpaired) electrons. The number of aryl methyl sites for hydroxylation is 1. The molecule has 0 fully saturated rings. The van der Waals surface area contributed by atoms with Gasteiger partial charge in [0.2, 0.25) is 0 Å². The number of rotatable bonds is 3. The van der Waals surface area contributed by atoms with Gasteiger partial charge in [0.1, 0.15) is 0 Å². The molecule has 134 valence electrons. The molecule has 0 spiro atoms. The van der Waals surface area contributed by atoms with Gasteiger partial charge in [0.15, 0.2) is 0 Å². The van der Waals surface area contributed by atoms with E-state index >= 15 is 0 Å². The molecule has 0 amide bonds. The fraction of sp³-hybridized carbons (Fsp3) is 0.318. The van der Waals surface area contributed by atoms with Crippen LogP contribution in [0.1, 0.15) is 16.7 Å².